The summed E-state index contributed by atoms with van der Waals surface area (Å²) in [5.74, 6) is -1.23. The van der Waals surface area contributed by atoms with Crippen LogP contribution in [-0.4, -0.2) is 67.3 Å². The molecule has 0 spiro atoms. The van der Waals surface area contributed by atoms with Crippen LogP contribution in [0.4, 0.5) is 0 Å². The van der Waals surface area contributed by atoms with E-state index in [4.69, 9.17) is 13.6 Å². The summed E-state index contributed by atoms with van der Waals surface area (Å²) < 4.78 is 23.5. The molecule has 1 aliphatic heterocycles. The first-order valence-electron chi connectivity index (χ1n) is 12.7. The van der Waals surface area contributed by atoms with Crippen LogP contribution < -0.4 is 0 Å². The molecule has 0 aliphatic carbocycles. The van der Waals surface area contributed by atoms with Gasteiger partial charge in [-0.2, -0.15) is 0 Å². The molecule has 1 aliphatic rings. The zero-order valence-electron chi connectivity index (χ0n) is 22.2. The lowest BCUT2D eigenvalue weighted by atomic mass is 10.0. The molecule has 1 N–H and O–H groups in total. The maximum atomic E-state index is 11.8. The Hall–Kier alpha value is -0.369. The van der Waals surface area contributed by atoms with Gasteiger partial charge in [0, 0.05) is 13.7 Å². The van der Waals surface area contributed by atoms with Gasteiger partial charge in [0.15, 0.2) is 9.04 Å². The molecular weight excluding hydrogens is 473 g/mol. The molecule has 4 unspecified atom stereocenters. The van der Waals surface area contributed by atoms with E-state index in [-0.39, 0.29) is 17.6 Å². The predicted molar refractivity (Wildman–Crippen MR) is 139 cm³/mol. The minimum Gasteiger partial charge on any atom is -0.429 e. The van der Waals surface area contributed by atoms with E-state index in [1.54, 1.807) is 7.11 Å². The van der Waals surface area contributed by atoms with Gasteiger partial charge in [-0.3, -0.25) is 9.59 Å². The largest absolute Gasteiger partial charge is 0.429 e. The van der Waals surface area contributed by atoms with Crippen LogP contribution >= 0.6 is 0 Å². The first-order valence-corrected chi connectivity index (χ1v) is 20.0. The number of methoxy groups -OCH3 is 1. The van der Waals surface area contributed by atoms with Gasteiger partial charge in [-0.15, -0.1) is 0 Å². The Balaban J connectivity index is 2.83. The number of ether oxygens (including phenoxy) is 2. The van der Waals surface area contributed by atoms with Crippen LogP contribution in [0.3, 0.4) is 0 Å². The number of rotatable bonds is 17. The van der Waals surface area contributed by atoms with Gasteiger partial charge in [0.2, 0.25) is 17.4 Å². The molecule has 0 aromatic carbocycles. The average Bonchev–Trinajstić information content (AvgIpc) is 3.08. The number of esters is 2. The van der Waals surface area contributed by atoms with E-state index < -0.39 is 43.6 Å². The molecular formula is C23H48O7Si3. The van der Waals surface area contributed by atoms with Crippen LogP contribution in [0.5, 0.6) is 0 Å². The molecule has 1 saturated heterocycles. The van der Waals surface area contributed by atoms with Crippen molar-refractivity contribution in [1.29, 1.82) is 0 Å². The maximum Gasteiger partial charge on any atom is 0.317 e. The Bertz CT molecular complexity index is 627. The molecule has 7 nitrogen and oxygen atoms in total. The van der Waals surface area contributed by atoms with Gasteiger partial charge in [-0.05, 0) is 70.8 Å². The van der Waals surface area contributed by atoms with Crippen LogP contribution in [-0.2, 0) is 27.9 Å². The second-order valence-electron chi connectivity index (χ2n) is 10.0. The fraction of sp³-hybridized carbons (Fsp3) is 0.913. The topological polar surface area (TPSA) is 91.3 Å². The molecule has 194 valence electrons. The van der Waals surface area contributed by atoms with E-state index in [1.165, 1.54) is 0 Å². The minimum atomic E-state index is -2.79. The van der Waals surface area contributed by atoms with E-state index in [0.29, 0.717) is 18.9 Å². The number of cyclic esters (lactones) is 2. The van der Waals surface area contributed by atoms with Crippen LogP contribution in [0.1, 0.15) is 72.6 Å². The molecule has 0 aromatic heterocycles. The molecule has 0 bridgehead atoms. The third-order valence-corrected chi connectivity index (χ3v) is 17.7. The van der Waals surface area contributed by atoms with Crippen LogP contribution in [0, 0.1) is 5.92 Å². The summed E-state index contributed by atoms with van der Waals surface area (Å²) in [7, 11) is -4.24. The van der Waals surface area contributed by atoms with Crippen molar-refractivity contribution >= 4 is 38.3 Å². The zero-order chi connectivity index (χ0) is 25.3. The average molecular weight is 521 g/mol. The molecule has 1 heterocycles. The monoisotopic (exact) mass is 520 g/mol. The molecule has 0 radical (unpaired) electrons. The molecule has 1 rings (SSSR count). The Labute approximate surface area is 205 Å². The Morgan fingerprint density at radius 1 is 1.12 bits per heavy atom. The lowest BCUT2D eigenvalue weighted by Gasteiger charge is -2.47. The van der Waals surface area contributed by atoms with Gasteiger partial charge < -0.3 is 23.1 Å². The molecule has 10 heteroatoms. The summed E-state index contributed by atoms with van der Waals surface area (Å²) in [6.45, 7) is 15.7. The van der Waals surface area contributed by atoms with E-state index in [1.807, 2.05) is 6.55 Å². The molecule has 1 fully saturated rings. The van der Waals surface area contributed by atoms with Gasteiger partial charge in [0.25, 0.3) is 0 Å². The zero-order valence-corrected chi connectivity index (χ0v) is 25.5. The number of hydrogen-bond donors (Lipinski definition) is 1. The van der Waals surface area contributed by atoms with Crippen molar-refractivity contribution in [3.05, 3.63) is 0 Å². The Morgan fingerprint density at radius 3 is 2.24 bits per heavy atom. The summed E-state index contributed by atoms with van der Waals surface area (Å²) in [5.41, 5.74) is 0. The lowest BCUT2D eigenvalue weighted by molar-refractivity contribution is -0.153. The highest BCUT2D eigenvalue weighted by Gasteiger charge is 2.50. The quantitative estimate of drug-likeness (QED) is 0.134. The fourth-order valence-electron chi connectivity index (χ4n) is 4.85. The fourth-order valence-corrected chi connectivity index (χ4v) is 14.3. The second-order valence-corrected chi connectivity index (χ2v) is 19.2. The van der Waals surface area contributed by atoms with Crippen molar-refractivity contribution in [1.82, 2.24) is 0 Å². The van der Waals surface area contributed by atoms with Gasteiger partial charge in [0.05, 0.1) is 22.8 Å². The highest BCUT2D eigenvalue weighted by Crippen LogP contribution is 2.36. The minimum absolute atomic E-state index is 0.160. The number of carbonyl (C=O) groups excluding carboxylic acids is 2. The third kappa shape index (κ3) is 8.36. The maximum absolute atomic E-state index is 11.8. The molecule has 0 aromatic rings. The summed E-state index contributed by atoms with van der Waals surface area (Å²) in [4.78, 5) is 34.7. The van der Waals surface area contributed by atoms with Crippen LogP contribution in [0.25, 0.3) is 0 Å². The second kappa shape index (κ2) is 13.6. The van der Waals surface area contributed by atoms with Crippen molar-refractivity contribution in [2.24, 2.45) is 5.92 Å². The lowest BCUT2D eigenvalue weighted by Crippen LogP contribution is -2.62. The van der Waals surface area contributed by atoms with Crippen LogP contribution in [0.15, 0.2) is 0 Å². The third-order valence-electron chi connectivity index (χ3n) is 7.76. The van der Waals surface area contributed by atoms with Crippen molar-refractivity contribution in [3.63, 3.8) is 0 Å². The van der Waals surface area contributed by atoms with Crippen molar-refractivity contribution in [3.8, 4) is 0 Å². The molecule has 0 saturated carbocycles. The Kier molecular flexibility index (Phi) is 12.7. The van der Waals surface area contributed by atoms with Crippen molar-refractivity contribution in [2.45, 2.75) is 115 Å². The highest BCUT2D eigenvalue weighted by molar-refractivity contribution is 6.75. The van der Waals surface area contributed by atoms with Crippen LogP contribution in [0.2, 0.25) is 31.7 Å². The van der Waals surface area contributed by atoms with E-state index in [9.17, 15) is 14.4 Å². The van der Waals surface area contributed by atoms with Crippen molar-refractivity contribution < 1.29 is 32.7 Å². The molecule has 0 amide bonds. The number of carbonyl (C=O) groups is 2. The van der Waals surface area contributed by atoms with Crippen molar-refractivity contribution in [2.75, 3.05) is 13.7 Å². The van der Waals surface area contributed by atoms with E-state index >= 15 is 0 Å². The van der Waals surface area contributed by atoms with E-state index in [2.05, 4.69) is 45.5 Å². The predicted octanol–water partition coefficient (Wildman–Crippen LogP) is 4.01. The molecule has 5 atom stereocenters. The summed E-state index contributed by atoms with van der Waals surface area (Å²) in [6.07, 6.45) is 5.01. The highest BCUT2D eigenvalue weighted by atomic mass is 28.4. The Morgan fingerprint density at radius 2 is 1.76 bits per heavy atom. The first-order chi connectivity index (χ1) is 15.4. The normalized spacial score (nSPS) is 22.5. The van der Waals surface area contributed by atoms with Gasteiger partial charge in [-0.1, -0.05) is 27.2 Å². The van der Waals surface area contributed by atoms with Gasteiger partial charge in [0.1, 0.15) is 0 Å². The smallest absolute Gasteiger partial charge is 0.317 e. The summed E-state index contributed by atoms with van der Waals surface area (Å²) >= 11 is 0. The van der Waals surface area contributed by atoms with Gasteiger partial charge >= 0.3 is 11.9 Å². The van der Waals surface area contributed by atoms with E-state index in [0.717, 1.165) is 38.3 Å². The first kappa shape index (κ1) is 30.7. The summed E-state index contributed by atoms with van der Waals surface area (Å²) in [6, 6.07) is 1.71. The SMILES string of the molecule is CCC(CC)(O[SiH](C)CCCOC)[SiH](C)O[C@](C)(CC)[Si](C)(O)CCCC1CC(=O)OC1=O. The summed E-state index contributed by atoms with van der Waals surface area (Å²) in [5, 5.41) is -0.808. The molecule has 33 heavy (non-hydrogen) atoms. The van der Waals surface area contributed by atoms with Gasteiger partial charge in [-0.25, -0.2) is 0 Å². The standard InChI is InChI=1S/C23H48O7Si3/c1-9-22(4,33(8,26)17-12-14-19-18-20(24)28-21(19)25)29-32(7)23(10-2,11-3)30-31(6)16-13-15-27-5/h19,26,31-32H,9-18H2,1-8H3/t19?,22-,31?,32?,33?/m0/s1. The number of hydrogen-bond acceptors (Lipinski definition) is 7.